The van der Waals surface area contributed by atoms with E-state index in [1.54, 1.807) is 18.2 Å². The Bertz CT molecular complexity index is 485. The monoisotopic (exact) mass is 313 g/mol. The average molecular weight is 314 g/mol. The smallest absolute Gasteiger partial charge is 0.328 e. The second kappa shape index (κ2) is 6.80. The Morgan fingerprint density at radius 3 is 2.78 bits per heavy atom. The molecule has 0 saturated heterocycles. The molecule has 1 rings (SSSR count). The Labute approximate surface area is 112 Å². The van der Waals surface area contributed by atoms with Gasteiger partial charge in [-0.3, -0.25) is 4.79 Å². The van der Waals surface area contributed by atoms with Crippen molar-refractivity contribution in [1.82, 2.24) is 0 Å². The number of hydrogen-bond donors (Lipinski definition) is 2. The van der Waals surface area contributed by atoms with Crippen LogP contribution in [0.15, 0.2) is 28.7 Å². The van der Waals surface area contributed by atoms with Gasteiger partial charge in [0.05, 0.1) is 17.5 Å². The molecule has 0 aromatic heterocycles. The first-order chi connectivity index (χ1) is 8.50. The Morgan fingerprint density at radius 2 is 2.17 bits per heavy atom. The molecule has 0 bridgehead atoms. The van der Waals surface area contributed by atoms with Crippen LogP contribution in [-0.2, 0) is 9.59 Å². The number of carbonyl (C=O) groups is 2. The highest BCUT2D eigenvalue weighted by Crippen LogP contribution is 2.30. The number of nitrogens with two attached hydrogens (primary N) is 1. The molecule has 0 spiro atoms. The van der Waals surface area contributed by atoms with Crippen LogP contribution in [0.3, 0.4) is 0 Å². The van der Waals surface area contributed by atoms with E-state index in [1.807, 2.05) is 0 Å². The third-order valence-electron chi connectivity index (χ3n) is 2.00. The molecule has 6 heteroatoms. The van der Waals surface area contributed by atoms with Crippen LogP contribution in [0.2, 0.25) is 0 Å². The zero-order valence-electron chi connectivity index (χ0n) is 9.43. The molecular formula is C12H12BrNO4. The molecule has 0 saturated carbocycles. The highest BCUT2D eigenvalue weighted by Gasteiger charge is 2.07. The van der Waals surface area contributed by atoms with Crippen molar-refractivity contribution in [2.24, 2.45) is 5.73 Å². The van der Waals surface area contributed by atoms with Gasteiger partial charge in [0.15, 0.2) is 0 Å². The number of para-hydroxylation sites is 1. The lowest BCUT2D eigenvalue weighted by Crippen LogP contribution is -2.14. The summed E-state index contributed by atoms with van der Waals surface area (Å²) in [6, 6.07) is 5.23. The molecule has 0 fully saturated rings. The number of hydrogen-bond acceptors (Lipinski definition) is 3. The van der Waals surface area contributed by atoms with Crippen LogP contribution in [0, 0.1) is 0 Å². The molecule has 18 heavy (non-hydrogen) atoms. The number of carboxylic acid groups (broad SMARTS) is 1. The zero-order chi connectivity index (χ0) is 13.5. The fourth-order valence-corrected chi connectivity index (χ4v) is 1.72. The largest absolute Gasteiger partial charge is 0.491 e. The van der Waals surface area contributed by atoms with Crippen LogP contribution in [0.4, 0.5) is 0 Å². The van der Waals surface area contributed by atoms with E-state index in [0.717, 1.165) is 6.08 Å². The number of ether oxygens (including phenoxy) is 1. The predicted octanol–water partition coefficient (Wildman–Crippen LogP) is 1.80. The summed E-state index contributed by atoms with van der Waals surface area (Å²) in [5, 5.41) is 8.58. The second-order valence-corrected chi connectivity index (χ2v) is 4.25. The van der Waals surface area contributed by atoms with Crippen LogP contribution < -0.4 is 10.5 Å². The minimum absolute atomic E-state index is 0.101. The molecule has 1 aromatic rings. The van der Waals surface area contributed by atoms with E-state index in [1.165, 1.54) is 6.08 Å². The van der Waals surface area contributed by atoms with Crippen molar-refractivity contribution in [1.29, 1.82) is 0 Å². The number of benzene rings is 1. The molecule has 1 aromatic carbocycles. The average Bonchev–Trinajstić information content (AvgIpc) is 2.28. The van der Waals surface area contributed by atoms with E-state index in [9.17, 15) is 9.59 Å². The number of amides is 1. The number of rotatable bonds is 6. The fraction of sp³-hybridized carbons (Fsp3) is 0.167. The van der Waals surface area contributed by atoms with Crippen molar-refractivity contribution >= 4 is 33.9 Å². The summed E-state index contributed by atoms with van der Waals surface area (Å²) in [7, 11) is 0. The number of aliphatic carboxylic acids is 1. The first kappa shape index (κ1) is 14.2. The highest BCUT2D eigenvalue weighted by atomic mass is 79.9. The summed E-state index contributed by atoms with van der Waals surface area (Å²) in [4.78, 5) is 21.1. The van der Waals surface area contributed by atoms with E-state index in [2.05, 4.69) is 15.9 Å². The maximum absolute atomic E-state index is 10.6. The van der Waals surface area contributed by atoms with E-state index < -0.39 is 11.9 Å². The summed E-state index contributed by atoms with van der Waals surface area (Å²) < 4.78 is 6.10. The third kappa shape index (κ3) is 4.58. The first-order valence-electron chi connectivity index (χ1n) is 5.11. The Kier molecular flexibility index (Phi) is 5.38. The van der Waals surface area contributed by atoms with Crippen molar-refractivity contribution < 1.29 is 19.4 Å². The lowest BCUT2D eigenvalue weighted by atomic mass is 10.2. The molecule has 0 radical (unpaired) electrons. The fourth-order valence-electron chi connectivity index (χ4n) is 1.22. The minimum atomic E-state index is -1.04. The van der Waals surface area contributed by atoms with Crippen LogP contribution in [0.25, 0.3) is 6.08 Å². The number of carbonyl (C=O) groups excluding carboxylic acids is 1. The third-order valence-corrected chi connectivity index (χ3v) is 2.62. The van der Waals surface area contributed by atoms with Crippen LogP contribution in [0.1, 0.15) is 12.0 Å². The summed E-state index contributed by atoms with van der Waals surface area (Å²) in [6.07, 6.45) is 2.54. The Hall–Kier alpha value is -1.82. The summed E-state index contributed by atoms with van der Waals surface area (Å²) in [5.74, 6) is -1.01. The quantitative estimate of drug-likeness (QED) is 0.784. The number of halogens is 1. The Balaban J connectivity index is 2.86. The van der Waals surface area contributed by atoms with E-state index in [4.69, 9.17) is 15.6 Å². The summed E-state index contributed by atoms with van der Waals surface area (Å²) in [5.41, 5.74) is 5.62. The lowest BCUT2D eigenvalue weighted by Gasteiger charge is -2.10. The van der Waals surface area contributed by atoms with E-state index in [0.29, 0.717) is 15.8 Å². The normalized spacial score (nSPS) is 10.5. The van der Waals surface area contributed by atoms with Gasteiger partial charge in [0.2, 0.25) is 5.91 Å². The van der Waals surface area contributed by atoms with Gasteiger partial charge >= 0.3 is 5.97 Å². The predicted molar refractivity (Wildman–Crippen MR) is 70.1 cm³/mol. The lowest BCUT2D eigenvalue weighted by molar-refractivity contribution is -0.131. The van der Waals surface area contributed by atoms with Crippen LogP contribution in [-0.4, -0.2) is 23.6 Å². The van der Waals surface area contributed by atoms with Gasteiger partial charge in [-0.1, -0.05) is 12.1 Å². The van der Waals surface area contributed by atoms with Crippen molar-refractivity contribution in [2.75, 3.05) is 6.61 Å². The summed E-state index contributed by atoms with van der Waals surface area (Å²) in [6.45, 7) is 0.145. The maximum atomic E-state index is 10.6. The van der Waals surface area contributed by atoms with Gasteiger partial charge in [-0.05, 0) is 28.1 Å². The molecule has 0 unspecified atom stereocenters. The Morgan fingerprint density at radius 1 is 1.44 bits per heavy atom. The summed E-state index contributed by atoms with van der Waals surface area (Å²) >= 11 is 3.30. The molecule has 5 nitrogen and oxygen atoms in total. The molecule has 0 heterocycles. The second-order valence-electron chi connectivity index (χ2n) is 3.39. The van der Waals surface area contributed by atoms with Crippen molar-refractivity contribution in [3.05, 3.63) is 34.3 Å². The zero-order valence-corrected chi connectivity index (χ0v) is 11.0. The van der Waals surface area contributed by atoms with Crippen LogP contribution >= 0.6 is 15.9 Å². The van der Waals surface area contributed by atoms with Crippen molar-refractivity contribution in [3.8, 4) is 5.75 Å². The molecule has 0 aliphatic carbocycles. The molecule has 0 aliphatic heterocycles. The van der Waals surface area contributed by atoms with Gasteiger partial charge < -0.3 is 15.6 Å². The minimum Gasteiger partial charge on any atom is -0.491 e. The standard InChI is InChI=1S/C12H12BrNO4/c13-9-3-1-2-8(4-5-11(16)17)12(9)18-7-6-10(14)15/h1-5H,6-7H2,(H2,14,15)(H,16,17)/b5-4+. The molecule has 0 aliphatic rings. The van der Waals surface area contributed by atoms with Gasteiger partial charge in [-0.15, -0.1) is 0 Å². The topological polar surface area (TPSA) is 89.6 Å². The van der Waals surface area contributed by atoms with Gasteiger partial charge in [0.25, 0.3) is 0 Å². The molecule has 96 valence electrons. The number of primary amides is 1. The van der Waals surface area contributed by atoms with Gasteiger partial charge in [0.1, 0.15) is 5.75 Å². The molecule has 0 atom stereocenters. The molecule has 3 N–H and O–H groups in total. The van der Waals surface area contributed by atoms with E-state index in [-0.39, 0.29) is 13.0 Å². The SMILES string of the molecule is NC(=O)CCOc1c(Br)cccc1/C=C/C(=O)O. The van der Waals surface area contributed by atoms with Gasteiger partial charge in [-0.2, -0.15) is 0 Å². The van der Waals surface area contributed by atoms with Crippen molar-refractivity contribution in [3.63, 3.8) is 0 Å². The molecule has 1 amide bonds. The first-order valence-corrected chi connectivity index (χ1v) is 5.90. The number of carboxylic acids is 1. The van der Waals surface area contributed by atoms with Crippen LogP contribution in [0.5, 0.6) is 5.75 Å². The van der Waals surface area contributed by atoms with Gasteiger partial charge in [0, 0.05) is 11.6 Å². The van der Waals surface area contributed by atoms with E-state index >= 15 is 0 Å². The highest BCUT2D eigenvalue weighted by molar-refractivity contribution is 9.10. The van der Waals surface area contributed by atoms with Crippen molar-refractivity contribution in [2.45, 2.75) is 6.42 Å². The van der Waals surface area contributed by atoms with Gasteiger partial charge in [-0.25, -0.2) is 4.79 Å². The molecular weight excluding hydrogens is 302 g/mol. The maximum Gasteiger partial charge on any atom is 0.328 e.